The molecule has 0 aliphatic rings. The molecule has 0 aliphatic heterocycles. The van der Waals surface area contributed by atoms with E-state index in [1.54, 1.807) is 13.0 Å². The van der Waals surface area contributed by atoms with E-state index >= 15 is 0 Å². The van der Waals surface area contributed by atoms with Crippen molar-refractivity contribution in [3.8, 4) is 0 Å². The Morgan fingerprint density at radius 3 is 2.19 bits per heavy atom. The highest BCUT2D eigenvalue weighted by molar-refractivity contribution is 7.92. The van der Waals surface area contributed by atoms with Crippen LogP contribution in [0.5, 0.6) is 0 Å². The number of hydrogen-bond donors (Lipinski definition) is 0. The van der Waals surface area contributed by atoms with Crippen molar-refractivity contribution in [2.75, 3.05) is 10.8 Å². The van der Waals surface area contributed by atoms with E-state index in [9.17, 15) is 12.8 Å². The monoisotopic (exact) mass is 347 g/mol. The van der Waals surface area contributed by atoms with Crippen LogP contribution in [-0.2, 0) is 10.0 Å². The van der Waals surface area contributed by atoms with Crippen molar-refractivity contribution in [2.24, 2.45) is 0 Å². The molecule has 0 aromatic heterocycles. The summed E-state index contributed by atoms with van der Waals surface area (Å²) in [4.78, 5) is 0.0109. The van der Waals surface area contributed by atoms with Crippen LogP contribution in [0.25, 0.3) is 0 Å². The second-order valence-electron chi connectivity index (χ2n) is 4.22. The third kappa shape index (κ3) is 3.31. The lowest BCUT2D eigenvalue weighted by molar-refractivity contribution is 0.590. The molecular weight excluding hydrogens is 336 g/mol. The number of rotatable bonds is 4. The SMILES string of the molecule is CCN(c1ccc(Cl)c(Cl)c1)S(=O)(=O)c1ccc(F)cc1. The lowest BCUT2D eigenvalue weighted by Crippen LogP contribution is -2.30. The number of anilines is 1. The van der Waals surface area contributed by atoms with E-state index in [2.05, 4.69) is 0 Å². The third-order valence-corrected chi connectivity index (χ3v) is 5.54. The predicted molar refractivity (Wildman–Crippen MR) is 83.1 cm³/mol. The molecule has 0 bridgehead atoms. The molecule has 0 atom stereocenters. The maximum absolute atomic E-state index is 12.9. The van der Waals surface area contributed by atoms with Crippen molar-refractivity contribution in [1.29, 1.82) is 0 Å². The van der Waals surface area contributed by atoms with Gasteiger partial charge in [0.15, 0.2) is 0 Å². The van der Waals surface area contributed by atoms with Gasteiger partial charge in [-0.1, -0.05) is 23.2 Å². The molecule has 0 fully saturated rings. The minimum atomic E-state index is -3.79. The van der Waals surface area contributed by atoms with Crippen molar-refractivity contribution >= 4 is 38.9 Å². The summed E-state index contributed by atoms with van der Waals surface area (Å²) in [6.07, 6.45) is 0. The Kier molecular flexibility index (Phi) is 4.76. The molecule has 7 heteroatoms. The van der Waals surface area contributed by atoms with Gasteiger partial charge in [-0.05, 0) is 49.4 Å². The second-order valence-corrected chi connectivity index (χ2v) is 6.90. The normalized spacial score (nSPS) is 11.4. The lowest BCUT2D eigenvalue weighted by atomic mass is 10.3. The van der Waals surface area contributed by atoms with Crippen molar-refractivity contribution in [1.82, 2.24) is 0 Å². The van der Waals surface area contributed by atoms with Crippen LogP contribution >= 0.6 is 23.2 Å². The summed E-state index contributed by atoms with van der Waals surface area (Å²) >= 11 is 11.8. The van der Waals surface area contributed by atoms with Gasteiger partial charge in [0.1, 0.15) is 5.82 Å². The number of benzene rings is 2. The Morgan fingerprint density at radius 2 is 1.67 bits per heavy atom. The van der Waals surface area contributed by atoms with E-state index in [0.717, 1.165) is 12.1 Å². The molecular formula is C14H12Cl2FNO2S. The quantitative estimate of drug-likeness (QED) is 0.824. The van der Waals surface area contributed by atoms with Gasteiger partial charge in [0.25, 0.3) is 10.0 Å². The number of sulfonamides is 1. The second kappa shape index (κ2) is 6.22. The minimum Gasteiger partial charge on any atom is -0.267 e. The predicted octanol–water partition coefficient (Wildman–Crippen LogP) is 4.35. The van der Waals surface area contributed by atoms with Crippen molar-refractivity contribution in [2.45, 2.75) is 11.8 Å². The Morgan fingerprint density at radius 1 is 1.05 bits per heavy atom. The number of nitrogens with zero attached hydrogens (tertiary/aromatic N) is 1. The van der Waals surface area contributed by atoms with E-state index in [1.807, 2.05) is 0 Å². The van der Waals surface area contributed by atoms with Crippen LogP contribution in [0.2, 0.25) is 10.0 Å². The van der Waals surface area contributed by atoms with Gasteiger partial charge in [0, 0.05) is 6.54 Å². The highest BCUT2D eigenvalue weighted by Gasteiger charge is 2.24. The molecule has 0 saturated heterocycles. The van der Waals surface area contributed by atoms with Crippen LogP contribution in [0.15, 0.2) is 47.4 Å². The average Bonchev–Trinajstić information content (AvgIpc) is 2.44. The molecule has 0 N–H and O–H groups in total. The fourth-order valence-electron chi connectivity index (χ4n) is 1.87. The van der Waals surface area contributed by atoms with Crippen molar-refractivity contribution in [3.05, 3.63) is 58.3 Å². The zero-order valence-electron chi connectivity index (χ0n) is 11.1. The minimum absolute atomic E-state index is 0.0109. The summed E-state index contributed by atoms with van der Waals surface area (Å²) in [5.41, 5.74) is 0.399. The molecule has 0 spiro atoms. The third-order valence-electron chi connectivity index (χ3n) is 2.88. The first-order chi connectivity index (χ1) is 9.86. The fourth-order valence-corrected chi connectivity index (χ4v) is 3.62. The van der Waals surface area contributed by atoms with Gasteiger partial charge >= 0.3 is 0 Å². The smallest absolute Gasteiger partial charge is 0.264 e. The molecule has 0 aliphatic carbocycles. The average molecular weight is 348 g/mol. The first-order valence-electron chi connectivity index (χ1n) is 6.09. The van der Waals surface area contributed by atoms with E-state index in [-0.39, 0.29) is 16.5 Å². The summed E-state index contributed by atoms with van der Waals surface area (Å²) < 4.78 is 39.3. The van der Waals surface area contributed by atoms with Gasteiger partial charge in [-0.25, -0.2) is 12.8 Å². The Labute approximate surface area is 133 Å². The van der Waals surface area contributed by atoms with Crippen LogP contribution in [0, 0.1) is 5.82 Å². The number of halogens is 3. The molecule has 112 valence electrons. The van der Waals surface area contributed by atoms with Crippen LogP contribution in [0.4, 0.5) is 10.1 Å². The van der Waals surface area contributed by atoms with Gasteiger partial charge in [-0.2, -0.15) is 0 Å². The van der Waals surface area contributed by atoms with Crippen molar-refractivity contribution in [3.63, 3.8) is 0 Å². The summed E-state index contributed by atoms with van der Waals surface area (Å²) in [7, 11) is -3.79. The van der Waals surface area contributed by atoms with E-state index < -0.39 is 15.8 Å². The molecule has 0 radical (unpaired) electrons. The van der Waals surface area contributed by atoms with E-state index in [0.29, 0.717) is 10.7 Å². The molecule has 0 saturated carbocycles. The highest BCUT2D eigenvalue weighted by atomic mass is 35.5. The molecule has 0 unspecified atom stereocenters. The standard InChI is InChI=1S/C14H12Cl2FNO2S/c1-2-18(11-5-8-13(15)14(16)9-11)21(19,20)12-6-3-10(17)4-7-12/h3-9H,2H2,1H3. The highest BCUT2D eigenvalue weighted by Crippen LogP contribution is 2.30. The van der Waals surface area contributed by atoms with E-state index in [1.165, 1.54) is 28.6 Å². The summed E-state index contributed by atoms with van der Waals surface area (Å²) in [6, 6.07) is 9.25. The van der Waals surface area contributed by atoms with Crippen LogP contribution < -0.4 is 4.31 Å². The molecule has 3 nitrogen and oxygen atoms in total. The number of hydrogen-bond acceptors (Lipinski definition) is 2. The van der Waals surface area contributed by atoms with Crippen LogP contribution in [0.1, 0.15) is 6.92 Å². The zero-order valence-corrected chi connectivity index (χ0v) is 13.4. The van der Waals surface area contributed by atoms with Crippen LogP contribution in [-0.4, -0.2) is 15.0 Å². The fraction of sp³-hybridized carbons (Fsp3) is 0.143. The van der Waals surface area contributed by atoms with Crippen molar-refractivity contribution < 1.29 is 12.8 Å². The molecule has 0 amide bonds. The van der Waals surface area contributed by atoms with E-state index in [4.69, 9.17) is 23.2 Å². The van der Waals surface area contributed by atoms with Gasteiger partial charge in [-0.15, -0.1) is 0 Å². The first kappa shape index (κ1) is 16.1. The Balaban J connectivity index is 2.48. The maximum atomic E-state index is 12.9. The Hall–Kier alpha value is -1.30. The van der Waals surface area contributed by atoms with Gasteiger partial charge in [0.2, 0.25) is 0 Å². The lowest BCUT2D eigenvalue weighted by Gasteiger charge is -2.23. The van der Waals surface area contributed by atoms with Gasteiger partial charge in [0.05, 0.1) is 20.6 Å². The zero-order chi connectivity index (χ0) is 15.6. The summed E-state index contributed by atoms with van der Waals surface area (Å²) in [5, 5.41) is 0.609. The van der Waals surface area contributed by atoms with Gasteiger partial charge in [-0.3, -0.25) is 4.31 Å². The maximum Gasteiger partial charge on any atom is 0.264 e. The largest absolute Gasteiger partial charge is 0.267 e. The topological polar surface area (TPSA) is 37.4 Å². The molecule has 2 rings (SSSR count). The molecule has 2 aromatic carbocycles. The molecule has 0 heterocycles. The van der Waals surface area contributed by atoms with Gasteiger partial charge < -0.3 is 0 Å². The Bertz CT molecular complexity index is 748. The summed E-state index contributed by atoms with van der Waals surface area (Å²) in [6.45, 7) is 1.90. The summed E-state index contributed by atoms with van der Waals surface area (Å²) in [5.74, 6) is -0.494. The first-order valence-corrected chi connectivity index (χ1v) is 8.29. The van der Waals surface area contributed by atoms with Crippen LogP contribution in [0.3, 0.4) is 0 Å². The molecule has 21 heavy (non-hydrogen) atoms. The molecule has 2 aromatic rings.